The molecule has 0 spiro atoms. The molecule has 0 aliphatic rings. The number of aromatic nitrogens is 1. The summed E-state index contributed by atoms with van der Waals surface area (Å²) >= 11 is 0. The molecular weight excluding hydrogens is 342 g/mol. The molecule has 2 amide bonds. The lowest BCUT2D eigenvalue weighted by molar-refractivity contribution is -0.126. The van der Waals surface area contributed by atoms with Gasteiger partial charge in [-0.2, -0.15) is 0 Å². The molecule has 1 aromatic heterocycles. The first-order valence-corrected chi connectivity index (χ1v) is 8.86. The summed E-state index contributed by atoms with van der Waals surface area (Å²) in [7, 11) is 0. The number of nitrogens with one attached hydrogen (secondary N) is 3. The monoisotopic (exact) mass is 365 g/mol. The number of carbonyl (C=O) groups excluding carboxylic acids is 1. The highest BCUT2D eigenvalue weighted by molar-refractivity contribution is 5.90. The standard InChI is InChI=1S/C21H23N3O3/c1-21(24-20(26)27,14-17-13-16-9-5-6-10-18(16)23-17)19(25)22-12-11-15-7-3-2-4-8-15/h2-10,13,23-24H,11-12,14H2,1H3,(H,22,25)(H,26,27). The van der Waals surface area contributed by atoms with Crippen LogP contribution in [-0.4, -0.2) is 34.2 Å². The van der Waals surface area contributed by atoms with Crippen LogP contribution in [0.25, 0.3) is 10.9 Å². The molecular formula is C21H23N3O3. The van der Waals surface area contributed by atoms with Gasteiger partial charge in [0.25, 0.3) is 0 Å². The number of hydrogen-bond donors (Lipinski definition) is 4. The first kappa shape index (κ1) is 18.5. The molecule has 1 atom stereocenters. The molecule has 140 valence electrons. The number of carboxylic acid groups (broad SMARTS) is 1. The van der Waals surface area contributed by atoms with Gasteiger partial charge >= 0.3 is 6.09 Å². The fourth-order valence-corrected chi connectivity index (χ4v) is 3.19. The minimum Gasteiger partial charge on any atom is -0.465 e. The Morgan fingerprint density at radius 3 is 2.48 bits per heavy atom. The molecule has 0 bridgehead atoms. The van der Waals surface area contributed by atoms with E-state index in [1.165, 1.54) is 0 Å². The van der Waals surface area contributed by atoms with Crippen LogP contribution in [0.5, 0.6) is 0 Å². The van der Waals surface area contributed by atoms with Crippen molar-refractivity contribution < 1.29 is 14.7 Å². The van der Waals surface area contributed by atoms with E-state index in [1.807, 2.05) is 60.7 Å². The maximum Gasteiger partial charge on any atom is 0.405 e. The van der Waals surface area contributed by atoms with Crippen molar-refractivity contribution in [1.29, 1.82) is 0 Å². The summed E-state index contributed by atoms with van der Waals surface area (Å²) in [4.78, 5) is 27.3. The predicted octanol–water partition coefficient (Wildman–Crippen LogP) is 3.10. The molecule has 0 radical (unpaired) electrons. The van der Waals surface area contributed by atoms with Crippen molar-refractivity contribution in [2.24, 2.45) is 0 Å². The van der Waals surface area contributed by atoms with Crippen LogP contribution in [0, 0.1) is 0 Å². The minimum atomic E-state index is -1.27. The van der Waals surface area contributed by atoms with E-state index < -0.39 is 11.6 Å². The topological polar surface area (TPSA) is 94.2 Å². The summed E-state index contributed by atoms with van der Waals surface area (Å²) in [6.45, 7) is 2.04. The number of para-hydroxylation sites is 1. The number of amides is 2. The lowest BCUT2D eigenvalue weighted by atomic mass is 9.94. The highest BCUT2D eigenvalue weighted by Gasteiger charge is 2.35. The summed E-state index contributed by atoms with van der Waals surface area (Å²) in [5.74, 6) is -0.348. The molecule has 0 fully saturated rings. The third-order valence-electron chi connectivity index (χ3n) is 4.56. The van der Waals surface area contributed by atoms with E-state index in [-0.39, 0.29) is 12.3 Å². The van der Waals surface area contributed by atoms with Crippen molar-refractivity contribution in [2.75, 3.05) is 6.54 Å². The molecule has 0 aliphatic carbocycles. The summed E-state index contributed by atoms with van der Waals surface area (Å²) in [6, 6.07) is 19.5. The average molecular weight is 365 g/mol. The van der Waals surface area contributed by atoms with Gasteiger partial charge in [0.15, 0.2) is 0 Å². The zero-order chi connectivity index (χ0) is 19.3. The van der Waals surface area contributed by atoms with Gasteiger partial charge < -0.3 is 20.7 Å². The van der Waals surface area contributed by atoms with Crippen LogP contribution in [0.2, 0.25) is 0 Å². The predicted molar refractivity (Wildman–Crippen MR) is 105 cm³/mol. The smallest absolute Gasteiger partial charge is 0.405 e. The van der Waals surface area contributed by atoms with E-state index in [2.05, 4.69) is 15.6 Å². The highest BCUT2D eigenvalue weighted by Crippen LogP contribution is 2.19. The van der Waals surface area contributed by atoms with Gasteiger partial charge in [-0.25, -0.2) is 4.79 Å². The third kappa shape index (κ3) is 4.67. The van der Waals surface area contributed by atoms with Gasteiger partial charge in [-0.15, -0.1) is 0 Å². The lowest BCUT2D eigenvalue weighted by Crippen LogP contribution is -2.58. The van der Waals surface area contributed by atoms with Gasteiger partial charge in [-0.1, -0.05) is 48.5 Å². The molecule has 1 unspecified atom stereocenters. The number of fused-ring (bicyclic) bond motifs is 1. The quantitative estimate of drug-likeness (QED) is 0.518. The normalized spacial score (nSPS) is 13.1. The first-order chi connectivity index (χ1) is 13.0. The Bertz CT molecular complexity index is 903. The Morgan fingerprint density at radius 2 is 1.78 bits per heavy atom. The van der Waals surface area contributed by atoms with Gasteiger partial charge in [-0.05, 0) is 36.4 Å². The van der Waals surface area contributed by atoms with E-state index >= 15 is 0 Å². The molecule has 0 saturated carbocycles. The highest BCUT2D eigenvalue weighted by atomic mass is 16.4. The lowest BCUT2D eigenvalue weighted by Gasteiger charge is -2.28. The number of H-pyrrole nitrogens is 1. The van der Waals surface area contributed by atoms with E-state index in [4.69, 9.17) is 0 Å². The van der Waals surface area contributed by atoms with Crippen molar-refractivity contribution in [3.63, 3.8) is 0 Å². The van der Waals surface area contributed by atoms with E-state index in [9.17, 15) is 14.7 Å². The van der Waals surface area contributed by atoms with Crippen molar-refractivity contribution in [3.8, 4) is 0 Å². The molecule has 3 rings (SSSR count). The second-order valence-electron chi connectivity index (χ2n) is 6.81. The second-order valence-corrected chi connectivity index (χ2v) is 6.81. The summed E-state index contributed by atoms with van der Waals surface area (Å²) in [6.07, 6.45) is -0.320. The maximum atomic E-state index is 12.8. The van der Waals surface area contributed by atoms with Crippen LogP contribution in [0.4, 0.5) is 4.79 Å². The first-order valence-electron chi connectivity index (χ1n) is 8.86. The SMILES string of the molecule is CC(Cc1cc2ccccc2[nH]1)(NC(=O)O)C(=O)NCCc1ccccc1. The Morgan fingerprint density at radius 1 is 1.07 bits per heavy atom. The molecule has 3 aromatic rings. The van der Waals surface area contributed by atoms with E-state index in [1.54, 1.807) is 6.92 Å². The fourth-order valence-electron chi connectivity index (χ4n) is 3.19. The molecule has 27 heavy (non-hydrogen) atoms. The number of carbonyl (C=O) groups is 2. The van der Waals surface area contributed by atoms with Gasteiger partial charge in [0.1, 0.15) is 5.54 Å². The Kier molecular flexibility index (Phi) is 5.45. The molecule has 0 aliphatic heterocycles. The average Bonchev–Trinajstić information content (AvgIpc) is 3.03. The zero-order valence-corrected chi connectivity index (χ0v) is 15.2. The van der Waals surface area contributed by atoms with Crippen molar-refractivity contribution in [3.05, 3.63) is 71.9 Å². The second kappa shape index (κ2) is 7.95. The largest absolute Gasteiger partial charge is 0.465 e. The van der Waals surface area contributed by atoms with Crippen LogP contribution in [0.15, 0.2) is 60.7 Å². The van der Waals surface area contributed by atoms with Gasteiger partial charge in [0.2, 0.25) is 5.91 Å². The van der Waals surface area contributed by atoms with Crippen LogP contribution in [0.1, 0.15) is 18.2 Å². The molecule has 0 saturated heterocycles. The molecule has 6 nitrogen and oxygen atoms in total. The molecule has 1 heterocycles. The van der Waals surface area contributed by atoms with Crippen molar-refractivity contribution >= 4 is 22.9 Å². The number of hydrogen-bond acceptors (Lipinski definition) is 2. The van der Waals surface area contributed by atoms with Crippen LogP contribution in [-0.2, 0) is 17.6 Å². The van der Waals surface area contributed by atoms with E-state index in [0.717, 1.165) is 22.2 Å². The van der Waals surface area contributed by atoms with Crippen molar-refractivity contribution in [1.82, 2.24) is 15.6 Å². The van der Waals surface area contributed by atoms with Crippen LogP contribution >= 0.6 is 0 Å². The maximum absolute atomic E-state index is 12.8. The fraction of sp³-hybridized carbons (Fsp3) is 0.238. The zero-order valence-electron chi connectivity index (χ0n) is 15.2. The summed E-state index contributed by atoms with van der Waals surface area (Å²) in [5.41, 5.74) is 1.59. The van der Waals surface area contributed by atoms with E-state index in [0.29, 0.717) is 13.0 Å². The van der Waals surface area contributed by atoms with Crippen LogP contribution in [0.3, 0.4) is 0 Å². The van der Waals surface area contributed by atoms with Gasteiger partial charge in [0, 0.05) is 24.2 Å². The van der Waals surface area contributed by atoms with Gasteiger partial charge in [-0.3, -0.25) is 4.79 Å². The number of rotatable bonds is 7. The number of aromatic amines is 1. The minimum absolute atomic E-state index is 0.227. The Labute approximate surface area is 157 Å². The summed E-state index contributed by atoms with van der Waals surface area (Å²) in [5, 5.41) is 15.5. The molecule has 4 N–H and O–H groups in total. The molecule has 2 aromatic carbocycles. The van der Waals surface area contributed by atoms with Crippen LogP contribution < -0.4 is 10.6 Å². The summed E-state index contributed by atoms with van der Waals surface area (Å²) < 4.78 is 0. The van der Waals surface area contributed by atoms with Crippen molar-refractivity contribution in [2.45, 2.75) is 25.3 Å². The Hall–Kier alpha value is -3.28. The Balaban J connectivity index is 1.70. The van der Waals surface area contributed by atoms with Gasteiger partial charge in [0.05, 0.1) is 0 Å². The molecule has 6 heteroatoms. The number of benzene rings is 2. The third-order valence-corrected chi connectivity index (χ3v) is 4.56.